The van der Waals surface area contributed by atoms with Gasteiger partial charge >= 0.3 is 0 Å². The van der Waals surface area contributed by atoms with E-state index < -0.39 is 0 Å². The second-order valence-corrected chi connectivity index (χ2v) is 5.69. The minimum atomic E-state index is -0.0910. The smallest absolute Gasteiger partial charge is 0.265 e. The van der Waals surface area contributed by atoms with Crippen LogP contribution < -0.4 is 5.32 Å². The maximum absolute atomic E-state index is 11.9. The summed E-state index contributed by atoms with van der Waals surface area (Å²) in [4.78, 5) is 12.7. The van der Waals surface area contributed by atoms with Gasteiger partial charge in [-0.05, 0) is 58.1 Å². The standard InChI is InChI=1S/C12H9BrClNOS/c1-7-4-5-17-11(7)12(16)15-8-2-3-10(14)9(13)6-8/h2-6H,1H3,(H,15,16). The molecule has 0 atom stereocenters. The first kappa shape index (κ1) is 12.6. The van der Waals surface area contributed by atoms with Gasteiger partial charge in [-0.25, -0.2) is 0 Å². The first-order valence-electron chi connectivity index (χ1n) is 4.88. The highest BCUT2D eigenvalue weighted by Crippen LogP contribution is 2.26. The average Bonchev–Trinajstić information content (AvgIpc) is 2.70. The Balaban J connectivity index is 2.19. The van der Waals surface area contributed by atoms with Crippen LogP contribution >= 0.6 is 38.9 Å². The minimum absolute atomic E-state index is 0.0910. The average molecular weight is 331 g/mol. The van der Waals surface area contributed by atoms with Crippen molar-refractivity contribution in [3.8, 4) is 0 Å². The highest BCUT2D eigenvalue weighted by atomic mass is 79.9. The third kappa shape index (κ3) is 2.89. The van der Waals surface area contributed by atoms with Crippen molar-refractivity contribution in [3.05, 3.63) is 49.6 Å². The predicted octanol–water partition coefficient (Wildman–Crippen LogP) is 4.72. The van der Waals surface area contributed by atoms with E-state index in [4.69, 9.17) is 11.6 Å². The summed E-state index contributed by atoms with van der Waals surface area (Å²) in [5.41, 5.74) is 1.71. The van der Waals surface area contributed by atoms with Crippen molar-refractivity contribution < 1.29 is 4.79 Å². The molecule has 88 valence electrons. The van der Waals surface area contributed by atoms with E-state index in [1.54, 1.807) is 18.2 Å². The molecule has 2 nitrogen and oxygen atoms in total. The zero-order valence-corrected chi connectivity index (χ0v) is 12.1. The van der Waals surface area contributed by atoms with Crippen molar-refractivity contribution in [2.24, 2.45) is 0 Å². The van der Waals surface area contributed by atoms with Gasteiger partial charge in [-0.2, -0.15) is 0 Å². The molecule has 0 aliphatic heterocycles. The van der Waals surface area contributed by atoms with E-state index in [0.717, 1.165) is 20.6 Å². The molecule has 0 unspecified atom stereocenters. The number of benzene rings is 1. The van der Waals surface area contributed by atoms with Gasteiger partial charge in [0.2, 0.25) is 0 Å². The summed E-state index contributed by atoms with van der Waals surface area (Å²) in [5.74, 6) is -0.0910. The normalized spacial score (nSPS) is 10.3. The number of nitrogens with one attached hydrogen (secondary N) is 1. The molecule has 0 saturated heterocycles. The van der Waals surface area contributed by atoms with Crippen molar-refractivity contribution in [2.45, 2.75) is 6.92 Å². The lowest BCUT2D eigenvalue weighted by Gasteiger charge is -2.05. The number of aryl methyl sites for hydroxylation is 1. The van der Waals surface area contributed by atoms with Crippen LogP contribution in [0.25, 0.3) is 0 Å². The molecule has 1 heterocycles. The van der Waals surface area contributed by atoms with E-state index in [1.807, 2.05) is 18.4 Å². The maximum Gasteiger partial charge on any atom is 0.265 e. The number of carbonyl (C=O) groups is 1. The number of hydrogen-bond acceptors (Lipinski definition) is 2. The number of thiophene rings is 1. The van der Waals surface area contributed by atoms with Gasteiger partial charge in [-0.15, -0.1) is 11.3 Å². The van der Waals surface area contributed by atoms with E-state index in [2.05, 4.69) is 21.2 Å². The summed E-state index contributed by atoms with van der Waals surface area (Å²) < 4.78 is 0.764. The fraction of sp³-hybridized carbons (Fsp3) is 0.0833. The van der Waals surface area contributed by atoms with Crippen LogP contribution in [0.4, 0.5) is 5.69 Å². The molecule has 0 radical (unpaired) electrons. The molecule has 1 aromatic carbocycles. The molecule has 1 N–H and O–H groups in total. The SMILES string of the molecule is Cc1ccsc1C(=O)Nc1ccc(Cl)c(Br)c1. The van der Waals surface area contributed by atoms with Crippen LogP contribution in [0.3, 0.4) is 0 Å². The molecule has 5 heteroatoms. The van der Waals surface area contributed by atoms with E-state index in [9.17, 15) is 4.79 Å². The van der Waals surface area contributed by atoms with Gasteiger partial charge in [0.1, 0.15) is 0 Å². The highest BCUT2D eigenvalue weighted by Gasteiger charge is 2.10. The number of anilines is 1. The number of hydrogen-bond donors (Lipinski definition) is 1. The Morgan fingerprint density at radius 1 is 1.41 bits per heavy atom. The van der Waals surface area contributed by atoms with Crippen LogP contribution in [0.1, 0.15) is 15.2 Å². The molecule has 0 aliphatic rings. The Hall–Kier alpha value is -0.840. The summed E-state index contributed by atoms with van der Waals surface area (Å²) in [5, 5.41) is 5.36. The van der Waals surface area contributed by atoms with Crippen LogP contribution in [0.5, 0.6) is 0 Å². The van der Waals surface area contributed by atoms with E-state index >= 15 is 0 Å². The summed E-state index contributed by atoms with van der Waals surface area (Å²) >= 11 is 10.6. The fourth-order valence-corrected chi connectivity index (χ4v) is 2.68. The topological polar surface area (TPSA) is 29.1 Å². The fourth-order valence-electron chi connectivity index (χ4n) is 1.37. The molecule has 1 amide bonds. The van der Waals surface area contributed by atoms with E-state index in [1.165, 1.54) is 11.3 Å². The van der Waals surface area contributed by atoms with E-state index in [0.29, 0.717) is 5.02 Å². The summed E-state index contributed by atoms with van der Waals surface area (Å²) in [6.07, 6.45) is 0. The molecule has 0 fully saturated rings. The van der Waals surface area contributed by atoms with Gasteiger partial charge in [-0.1, -0.05) is 11.6 Å². The van der Waals surface area contributed by atoms with Crippen LogP contribution in [-0.2, 0) is 0 Å². The van der Waals surface area contributed by atoms with Gasteiger partial charge in [-0.3, -0.25) is 4.79 Å². The molecule has 2 aromatic rings. The lowest BCUT2D eigenvalue weighted by molar-refractivity contribution is 0.103. The van der Waals surface area contributed by atoms with Crippen LogP contribution in [0, 0.1) is 6.92 Å². The van der Waals surface area contributed by atoms with Crippen LogP contribution in [0.15, 0.2) is 34.1 Å². The molecule has 2 rings (SSSR count). The number of rotatable bonds is 2. The lowest BCUT2D eigenvalue weighted by Crippen LogP contribution is -2.11. The van der Waals surface area contributed by atoms with Crippen molar-refractivity contribution in [3.63, 3.8) is 0 Å². The summed E-state index contributed by atoms with van der Waals surface area (Å²) in [6, 6.07) is 7.22. The zero-order chi connectivity index (χ0) is 12.4. The van der Waals surface area contributed by atoms with Crippen molar-refractivity contribution in [2.75, 3.05) is 5.32 Å². The van der Waals surface area contributed by atoms with Crippen LogP contribution in [0.2, 0.25) is 5.02 Å². The molecule has 1 aromatic heterocycles. The quantitative estimate of drug-likeness (QED) is 0.847. The molecular weight excluding hydrogens is 322 g/mol. The Kier molecular flexibility index (Phi) is 3.86. The van der Waals surface area contributed by atoms with Gasteiger partial charge in [0.25, 0.3) is 5.91 Å². The van der Waals surface area contributed by atoms with Gasteiger partial charge in [0, 0.05) is 10.2 Å². The Morgan fingerprint density at radius 3 is 2.76 bits per heavy atom. The number of carbonyl (C=O) groups excluding carboxylic acids is 1. The molecular formula is C12H9BrClNOS. The molecule has 0 spiro atoms. The maximum atomic E-state index is 11.9. The zero-order valence-electron chi connectivity index (χ0n) is 8.96. The molecule has 17 heavy (non-hydrogen) atoms. The largest absolute Gasteiger partial charge is 0.321 e. The van der Waals surface area contributed by atoms with Gasteiger partial charge < -0.3 is 5.32 Å². The van der Waals surface area contributed by atoms with Gasteiger partial charge in [0.05, 0.1) is 9.90 Å². The lowest BCUT2D eigenvalue weighted by atomic mass is 10.2. The third-order valence-electron chi connectivity index (χ3n) is 2.25. The molecule has 0 saturated carbocycles. The third-order valence-corrected chi connectivity index (χ3v) is 4.47. The van der Waals surface area contributed by atoms with E-state index in [-0.39, 0.29) is 5.91 Å². The van der Waals surface area contributed by atoms with Gasteiger partial charge in [0.15, 0.2) is 0 Å². The highest BCUT2D eigenvalue weighted by molar-refractivity contribution is 9.10. The Morgan fingerprint density at radius 2 is 2.18 bits per heavy atom. The number of halogens is 2. The van der Waals surface area contributed by atoms with Crippen molar-refractivity contribution >= 4 is 50.5 Å². The second kappa shape index (κ2) is 5.21. The predicted molar refractivity (Wildman–Crippen MR) is 76.2 cm³/mol. The Bertz CT molecular complexity index is 567. The monoisotopic (exact) mass is 329 g/mol. The second-order valence-electron chi connectivity index (χ2n) is 3.52. The van der Waals surface area contributed by atoms with Crippen molar-refractivity contribution in [1.82, 2.24) is 0 Å². The first-order chi connectivity index (χ1) is 8.08. The van der Waals surface area contributed by atoms with Crippen LogP contribution in [-0.4, -0.2) is 5.91 Å². The molecule has 0 aliphatic carbocycles. The number of amides is 1. The first-order valence-corrected chi connectivity index (χ1v) is 6.93. The van der Waals surface area contributed by atoms with Crippen molar-refractivity contribution in [1.29, 1.82) is 0 Å². The Labute approximate surface area is 117 Å². The summed E-state index contributed by atoms with van der Waals surface area (Å²) in [7, 11) is 0. The summed E-state index contributed by atoms with van der Waals surface area (Å²) in [6.45, 7) is 1.92. The minimum Gasteiger partial charge on any atom is -0.321 e. The molecule has 0 bridgehead atoms.